The van der Waals surface area contributed by atoms with E-state index in [-0.39, 0.29) is 17.4 Å². The minimum absolute atomic E-state index is 0.119. The van der Waals surface area contributed by atoms with Crippen LogP contribution in [0.1, 0.15) is 11.3 Å². The third kappa shape index (κ3) is 4.68. The van der Waals surface area contributed by atoms with Crippen molar-refractivity contribution in [2.45, 2.75) is 13.5 Å². The van der Waals surface area contributed by atoms with Crippen LogP contribution < -0.4 is 10.9 Å². The van der Waals surface area contributed by atoms with Crippen molar-refractivity contribution >= 4 is 28.0 Å². The molecule has 5 rings (SSSR count). The number of aromatic nitrogens is 3. The number of nitrogens with one attached hydrogen (secondary N) is 1. The van der Waals surface area contributed by atoms with Crippen LogP contribution in [0.4, 0.5) is 14.9 Å². The van der Waals surface area contributed by atoms with E-state index in [9.17, 15) is 14.0 Å². The molecule has 0 radical (unpaired) electrons. The minimum Gasteiger partial charge on any atom is -0.322 e. The van der Waals surface area contributed by atoms with Crippen molar-refractivity contribution in [3.63, 3.8) is 0 Å². The molecule has 2 amide bonds. The molecule has 2 aromatic carbocycles. The molecule has 4 aromatic rings. The van der Waals surface area contributed by atoms with E-state index in [0.29, 0.717) is 53.9 Å². The van der Waals surface area contributed by atoms with Crippen LogP contribution in [0.25, 0.3) is 15.5 Å². The Bertz CT molecular complexity index is 1390. The van der Waals surface area contributed by atoms with Gasteiger partial charge in [0, 0.05) is 50.0 Å². The number of hydrogen-bond acceptors (Lipinski definition) is 6. The van der Waals surface area contributed by atoms with Crippen molar-refractivity contribution in [1.29, 1.82) is 0 Å². The van der Waals surface area contributed by atoms with E-state index in [1.807, 2.05) is 31.2 Å². The number of aryl methyl sites for hydroxylation is 1. The summed E-state index contributed by atoms with van der Waals surface area (Å²) in [6, 6.07) is 15.4. The van der Waals surface area contributed by atoms with Gasteiger partial charge in [-0.3, -0.25) is 9.69 Å². The summed E-state index contributed by atoms with van der Waals surface area (Å²) in [5, 5.41) is 7.60. The fourth-order valence-electron chi connectivity index (χ4n) is 3.86. The first kappa shape index (κ1) is 22.2. The van der Waals surface area contributed by atoms with Gasteiger partial charge in [0.05, 0.1) is 5.69 Å². The van der Waals surface area contributed by atoms with E-state index in [2.05, 4.69) is 20.3 Å². The molecule has 0 spiro atoms. The predicted octanol–water partition coefficient (Wildman–Crippen LogP) is 3.62. The largest absolute Gasteiger partial charge is 0.322 e. The van der Waals surface area contributed by atoms with Gasteiger partial charge in [0.1, 0.15) is 5.82 Å². The number of hydrogen-bond donors (Lipinski definition) is 1. The third-order valence-corrected chi connectivity index (χ3v) is 6.69. The van der Waals surface area contributed by atoms with E-state index < -0.39 is 0 Å². The number of anilines is 1. The first-order valence-electron chi connectivity index (χ1n) is 11.0. The maximum absolute atomic E-state index is 14.1. The van der Waals surface area contributed by atoms with Gasteiger partial charge < -0.3 is 10.2 Å². The van der Waals surface area contributed by atoms with Crippen LogP contribution in [0.5, 0.6) is 0 Å². The van der Waals surface area contributed by atoms with Crippen LogP contribution in [0.15, 0.2) is 59.4 Å². The van der Waals surface area contributed by atoms with Crippen LogP contribution in [-0.2, 0) is 6.54 Å². The van der Waals surface area contributed by atoms with Gasteiger partial charge in [0.15, 0.2) is 5.01 Å². The summed E-state index contributed by atoms with van der Waals surface area (Å²) >= 11 is 1.18. The highest BCUT2D eigenvalue weighted by atomic mass is 32.1. The number of halogens is 1. The molecule has 34 heavy (non-hydrogen) atoms. The van der Waals surface area contributed by atoms with E-state index in [0.717, 1.165) is 11.3 Å². The molecule has 3 heterocycles. The Morgan fingerprint density at radius 2 is 1.82 bits per heavy atom. The molecule has 1 saturated heterocycles. The van der Waals surface area contributed by atoms with Gasteiger partial charge in [-0.25, -0.2) is 14.2 Å². The van der Waals surface area contributed by atoms with Gasteiger partial charge in [0.2, 0.25) is 4.96 Å². The van der Waals surface area contributed by atoms with Crippen LogP contribution in [0, 0.1) is 12.7 Å². The summed E-state index contributed by atoms with van der Waals surface area (Å²) in [6.45, 7) is 5.00. The monoisotopic (exact) mass is 478 g/mol. The van der Waals surface area contributed by atoms with E-state index in [1.165, 1.54) is 28.0 Å². The SMILES string of the molecule is Cc1ccc(NC(=O)N2CCN(Cc3cc(=O)n4nc(-c5ccccc5F)sc4n3)CC2)cc1. The fourth-order valence-corrected chi connectivity index (χ4v) is 4.81. The first-order valence-corrected chi connectivity index (χ1v) is 11.8. The van der Waals surface area contributed by atoms with Gasteiger partial charge in [-0.2, -0.15) is 9.61 Å². The van der Waals surface area contributed by atoms with E-state index in [4.69, 9.17) is 0 Å². The summed E-state index contributed by atoms with van der Waals surface area (Å²) in [7, 11) is 0. The fraction of sp³-hybridized carbons (Fsp3) is 0.250. The molecule has 8 nitrogen and oxygen atoms in total. The molecule has 0 unspecified atom stereocenters. The zero-order chi connectivity index (χ0) is 23.7. The lowest BCUT2D eigenvalue weighted by Gasteiger charge is -2.34. The Morgan fingerprint density at radius 3 is 2.56 bits per heavy atom. The van der Waals surface area contributed by atoms with E-state index in [1.54, 1.807) is 23.1 Å². The number of carbonyl (C=O) groups is 1. The lowest BCUT2D eigenvalue weighted by molar-refractivity contribution is 0.142. The van der Waals surface area contributed by atoms with Crippen molar-refractivity contribution in [2.75, 3.05) is 31.5 Å². The third-order valence-electron chi connectivity index (χ3n) is 5.75. The second-order valence-corrected chi connectivity index (χ2v) is 9.18. The lowest BCUT2D eigenvalue weighted by Crippen LogP contribution is -2.49. The van der Waals surface area contributed by atoms with Gasteiger partial charge in [-0.15, -0.1) is 0 Å². The minimum atomic E-state index is -0.390. The van der Waals surface area contributed by atoms with Crippen molar-refractivity contribution in [3.05, 3.63) is 82.0 Å². The Morgan fingerprint density at radius 1 is 1.09 bits per heavy atom. The van der Waals surface area contributed by atoms with Crippen molar-refractivity contribution in [1.82, 2.24) is 24.4 Å². The summed E-state index contributed by atoms with van der Waals surface area (Å²) < 4.78 is 15.4. The first-order chi connectivity index (χ1) is 16.5. The van der Waals surface area contributed by atoms with Crippen LogP contribution in [0.2, 0.25) is 0 Å². The van der Waals surface area contributed by atoms with Gasteiger partial charge in [-0.1, -0.05) is 41.2 Å². The van der Waals surface area contributed by atoms with Crippen LogP contribution >= 0.6 is 11.3 Å². The highest BCUT2D eigenvalue weighted by Crippen LogP contribution is 2.26. The average molecular weight is 479 g/mol. The molecule has 10 heteroatoms. The quantitative estimate of drug-likeness (QED) is 0.485. The number of rotatable bonds is 4. The molecule has 1 aliphatic heterocycles. The lowest BCUT2D eigenvalue weighted by atomic mass is 10.2. The zero-order valence-electron chi connectivity index (χ0n) is 18.6. The molecule has 1 aliphatic rings. The number of piperazine rings is 1. The summed E-state index contributed by atoms with van der Waals surface area (Å²) in [5.41, 5.74) is 2.59. The second-order valence-electron chi connectivity index (χ2n) is 8.23. The maximum atomic E-state index is 14.1. The number of benzene rings is 2. The van der Waals surface area contributed by atoms with Crippen LogP contribution in [-0.4, -0.2) is 56.6 Å². The second kappa shape index (κ2) is 9.32. The number of urea groups is 1. The Hall–Kier alpha value is -3.63. The summed E-state index contributed by atoms with van der Waals surface area (Å²) in [4.78, 5) is 34.1. The molecule has 0 aliphatic carbocycles. The molecule has 0 atom stereocenters. The molecule has 1 fully saturated rings. The molecule has 2 aromatic heterocycles. The van der Waals surface area contributed by atoms with Gasteiger partial charge in [0.25, 0.3) is 5.56 Å². The zero-order valence-corrected chi connectivity index (χ0v) is 19.4. The molecular formula is C24H23FN6O2S. The standard InChI is InChI=1S/C24H23FN6O2S/c1-16-6-8-17(9-7-16)26-23(33)30-12-10-29(11-13-30)15-18-14-21(32)31-24(27-18)34-22(28-31)19-4-2-3-5-20(19)25/h2-9,14H,10-13,15H2,1H3,(H,26,33). The molecular weight excluding hydrogens is 455 g/mol. The molecule has 174 valence electrons. The predicted molar refractivity (Wildman–Crippen MR) is 130 cm³/mol. The van der Waals surface area contributed by atoms with Crippen LogP contribution in [0.3, 0.4) is 0 Å². The normalized spacial score (nSPS) is 14.5. The van der Waals surface area contributed by atoms with Crippen molar-refractivity contribution < 1.29 is 9.18 Å². The number of amides is 2. The highest BCUT2D eigenvalue weighted by Gasteiger charge is 2.22. The Balaban J connectivity index is 1.23. The summed E-state index contributed by atoms with van der Waals surface area (Å²) in [5.74, 6) is -0.390. The molecule has 0 saturated carbocycles. The number of nitrogens with zero attached hydrogens (tertiary/aromatic N) is 5. The summed E-state index contributed by atoms with van der Waals surface area (Å²) in [6.07, 6.45) is 0. The number of fused-ring (bicyclic) bond motifs is 1. The maximum Gasteiger partial charge on any atom is 0.321 e. The number of carbonyl (C=O) groups excluding carboxylic acids is 1. The molecule has 1 N–H and O–H groups in total. The average Bonchev–Trinajstić information content (AvgIpc) is 3.26. The highest BCUT2D eigenvalue weighted by molar-refractivity contribution is 7.19. The Kier molecular flexibility index (Phi) is 6.08. The van der Waals surface area contributed by atoms with Gasteiger partial charge in [-0.05, 0) is 31.2 Å². The van der Waals surface area contributed by atoms with Crippen molar-refractivity contribution in [3.8, 4) is 10.6 Å². The Labute approximate surface area is 199 Å². The topological polar surface area (TPSA) is 82.8 Å². The van der Waals surface area contributed by atoms with Crippen molar-refractivity contribution in [2.24, 2.45) is 0 Å². The molecule has 0 bridgehead atoms. The van der Waals surface area contributed by atoms with E-state index >= 15 is 0 Å². The van der Waals surface area contributed by atoms with Gasteiger partial charge >= 0.3 is 6.03 Å². The smallest absolute Gasteiger partial charge is 0.321 e.